The van der Waals surface area contributed by atoms with E-state index in [4.69, 9.17) is 4.74 Å². The molecule has 13 heavy (non-hydrogen) atoms. The van der Waals surface area contributed by atoms with E-state index in [9.17, 15) is 0 Å². The lowest BCUT2D eigenvalue weighted by molar-refractivity contribution is 0.240. The number of ether oxygens (including phenoxy) is 1. The summed E-state index contributed by atoms with van der Waals surface area (Å²) in [7, 11) is 0. The highest BCUT2D eigenvalue weighted by Gasteiger charge is 2.17. The number of nitrogens with zero attached hydrogens (tertiary/aromatic N) is 1. The minimum absolute atomic E-state index is 0.120. The first-order valence-electron chi connectivity index (χ1n) is 4.52. The molecular formula is C10H17NOS. The third-order valence-corrected chi connectivity index (χ3v) is 2.32. The maximum absolute atomic E-state index is 5.50. The van der Waals surface area contributed by atoms with Gasteiger partial charge in [0.1, 0.15) is 0 Å². The zero-order valence-electron chi connectivity index (χ0n) is 8.92. The third-order valence-electron chi connectivity index (χ3n) is 1.59. The van der Waals surface area contributed by atoms with E-state index in [-0.39, 0.29) is 11.5 Å². The molecule has 0 radical (unpaired) electrons. The topological polar surface area (TPSA) is 22.1 Å². The summed E-state index contributed by atoms with van der Waals surface area (Å²) in [6.45, 7) is 10.5. The Kier molecular flexibility index (Phi) is 2.96. The summed E-state index contributed by atoms with van der Waals surface area (Å²) in [4.78, 5) is 4.42. The standard InChI is InChI=1S/C10H17NOS/c1-7(2)12-9-11-8(6-13-9)10(3,4)5/h6-7H,1-5H3. The van der Waals surface area contributed by atoms with Gasteiger partial charge in [-0.15, -0.1) is 0 Å². The van der Waals surface area contributed by atoms with Gasteiger partial charge in [-0.1, -0.05) is 32.1 Å². The molecule has 0 aromatic carbocycles. The van der Waals surface area contributed by atoms with E-state index in [0.29, 0.717) is 0 Å². The van der Waals surface area contributed by atoms with Crippen LogP contribution in [0.4, 0.5) is 0 Å². The van der Waals surface area contributed by atoms with Crippen molar-refractivity contribution in [2.75, 3.05) is 0 Å². The van der Waals surface area contributed by atoms with Crippen molar-refractivity contribution in [1.29, 1.82) is 0 Å². The second-order valence-electron chi connectivity index (χ2n) is 4.42. The number of hydrogen-bond acceptors (Lipinski definition) is 3. The van der Waals surface area contributed by atoms with E-state index in [0.717, 1.165) is 10.9 Å². The largest absolute Gasteiger partial charge is 0.467 e. The maximum atomic E-state index is 5.50. The van der Waals surface area contributed by atoms with Gasteiger partial charge >= 0.3 is 0 Å². The van der Waals surface area contributed by atoms with E-state index >= 15 is 0 Å². The smallest absolute Gasteiger partial charge is 0.273 e. The van der Waals surface area contributed by atoms with Crippen LogP contribution in [0.25, 0.3) is 0 Å². The van der Waals surface area contributed by atoms with Gasteiger partial charge in [-0.25, -0.2) is 4.98 Å². The average molecular weight is 199 g/mol. The van der Waals surface area contributed by atoms with Crippen LogP contribution in [0.5, 0.6) is 5.19 Å². The highest BCUT2D eigenvalue weighted by atomic mass is 32.1. The van der Waals surface area contributed by atoms with Crippen LogP contribution in [0, 0.1) is 0 Å². The fourth-order valence-electron chi connectivity index (χ4n) is 0.858. The average Bonchev–Trinajstić information content (AvgIpc) is 2.32. The Balaban J connectivity index is 2.75. The number of thiazole rings is 1. The van der Waals surface area contributed by atoms with Crippen LogP contribution in [-0.4, -0.2) is 11.1 Å². The van der Waals surface area contributed by atoms with Crippen LogP contribution in [0.3, 0.4) is 0 Å². The first-order chi connectivity index (χ1) is 5.89. The van der Waals surface area contributed by atoms with Crippen molar-refractivity contribution in [3.8, 4) is 5.19 Å². The lowest BCUT2D eigenvalue weighted by Crippen LogP contribution is -2.12. The molecule has 0 aliphatic carbocycles. The molecule has 2 nitrogen and oxygen atoms in total. The van der Waals surface area contributed by atoms with E-state index in [1.165, 1.54) is 0 Å². The Morgan fingerprint density at radius 1 is 1.38 bits per heavy atom. The number of hydrogen-bond donors (Lipinski definition) is 0. The molecule has 0 saturated carbocycles. The van der Waals surface area contributed by atoms with Crippen molar-refractivity contribution in [1.82, 2.24) is 4.98 Å². The fraction of sp³-hybridized carbons (Fsp3) is 0.700. The van der Waals surface area contributed by atoms with Gasteiger partial charge in [0.2, 0.25) is 0 Å². The molecule has 0 fully saturated rings. The molecule has 74 valence electrons. The Bertz CT molecular complexity index is 273. The van der Waals surface area contributed by atoms with E-state index in [2.05, 4.69) is 31.1 Å². The Morgan fingerprint density at radius 3 is 2.38 bits per heavy atom. The Hall–Kier alpha value is -0.570. The zero-order chi connectivity index (χ0) is 10.1. The van der Waals surface area contributed by atoms with Gasteiger partial charge < -0.3 is 4.74 Å². The molecule has 1 aromatic rings. The SMILES string of the molecule is CC(C)Oc1nc(C(C)(C)C)cs1. The predicted molar refractivity (Wildman–Crippen MR) is 56.6 cm³/mol. The van der Waals surface area contributed by atoms with Crippen LogP contribution >= 0.6 is 11.3 Å². The second-order valence-corrected chi connectivity index (χ2v) is 5.24. The molecule has 1 heterocycles. The molecule has 0 atom stereocenters. The van der Waals surface area contributed by atoms with Gasteiger partial charge in [0.05, 0.1) is 11.8 Å². The first-order valence-corrected chi connectivity index (χ1v) is 5.40. The minimum Gasteiger partial charge on any atom is -0.467 e. The summed E-state index contributed by atoms with van der Waals surface area (Å²) in [6, 6.07) is 0. The Morgan fingerprint density at radius 2 is 2.00 bits per heavy atom. The molecule has 0 saturated heterocycles. The highest BCUT2D eigenvalue weighted by Crippen LogP contribution is 2.27. The van der Waals surface area contributed by atoms with Crippen LogP contribution < -0.4 is 4.74 Å². The number of rotatable bonds is 2. The van der Waals surface area contributed by atoms with Crippen molar-refractivity contribution < 1.29 is 4.74 Å². The lowest BCUT2D eigenvalue weighted by Gasteiger charge is -2.14. The monoisotopic (exact) mass is 199 g/mol. The molecule has 1 aromatic heterocycles. The molecule has 0 aliphatic rings. The van der Waals surface area contributed by atoms with Crippen molar-refractivity contribution in [3.05, 3.63) is 11.1 Å². The predicted octanol–water partition coefficient (Wildman–Crippen LogP) is 3.23. The summed E-state index contributed by atoms with van der Waals surface area (Å²) in [5.74, 6) is 0. The van der Waals surface area contributed by atoms with Crippen LogP contribution in [0.15, 0.2) is 5.38 Å². The molecule has 0 spiro atoms. The molecule has 3 heteroatoms. The molecule has 0 aliphatic heterocycles. The minimum atomic E-state index is 0.120. The Labute approximate surface area is 84.0 Å². The summed E-state index contributed by atoms with van der Waals surface area (Å²) < 4.78 is 5.50. The zero-order valence-corrected chi connectivity index (χ0v) is 9.73. The van der Waals surface area contributed by atoms with Gasteiger partial charge in [-0.2, -0.15) is 0 Å². The second kappa shape index (κ2) is 3.66. The summed E-state index contributed by atoms with van der Waals surface area (Å²) in [5.41, 5.74) is 1.22. The van der Waals surface area contributed by atoms with Crippen molar-refractivity contribution in [2.24, 2.45) is 0 Å². The van der Waals surface area contributed by atoms with Gasteiger partial charge in [0, 0.05) is 10.8 Å². The quantitative estimate of drug-likeness (QED) is 0.729. The third kappa shape index (κ3) is 2.99. The van der Waals surface area contributed by atoms with Gasteiger partial charge in [0.15, 0.2) is 0 Å². The highest BCUT2D eigenvalue weighted by molar-refractivity contribution is 7.11. The summed E-state index contributed by atoms with van der Waals surface area (Å²) in [5, 5.41) is 2.84. The summed E-state index contributed by atoms with van der Waals surface area (Å²) in [6.07, 6.45) is 0.207. The molecule has 0 unspecified atom stereocenters. The molecule has 0 amide bonds. The van der Waals surface area contributed by atoms with Crippen LogP contribution in [0.2, 0.25) is 0 Å². The molecule has 0 bridgehead atoms. The van der Waals surface area contributed by atoms with Crippen molar-refractivity contribution in [3.63, 3.8) is 0 Å². The summed E-state index contributed by atoms with van der Waals surface area (Å²) >= 11 is 1.57. The fourth-order valence-corrected chi connectivity index (χ4v) is 1.88. The normalized spacial score (nSPS) is 12.2. The van der Waals surface area contributed by atoms with Gasteiger partial charge in [0.25, 0.3) is 5.19 Å². The first kappa shape index (κ1) is 10.5. The molecular weight excluding hydrogens is 182 g/mol. The lowest BCUT2D eigenvalue weighted by atomic mass is 9.93. The van der Waals surface area contributed by atoms with Crippen LogP contribution in [0.1, 0.15) is 40.3 Å². The molecule has 1 rings (SSSR count). The number of aromatic nitrogens is 1. The van der Waals surface area contributed by atoms with Crippen LogP contribution in [-0.2, 0) is 5.41 Å². The van der Waals surface area contributed by atoms with E-state index < -0.39 is 0 Å². The van der Waals surface area contributed by atoms with E-state index in [1.54, 1.807) is 11.3 Å². The van der Waals surface area contributed by atoms with E-state index in [1.807, 2.05) is 13.8 Å². The maximum Gasteiger partial charge on any atom is 0.273 e. The molecule has 0 N–H and O–H groups in total. The van der Waals surface area contributed by atoms with Crippen molar-refractivity contribution in [2.45, 2.75) is 46.1 Å². The van der Waals surface area contributed by atoms with Gasteiger partial charge in [-0.05, 0) is 13.8 Å². The van der Waals surface area contributed by atoms with Crippen molar-refractivity contribution >= 4 is 11.3 Å². The van der Waals surface area contributed by atoms with Gasteiger partial charge in [-0.3, -0.25) is 0 Å².